The van der Waals surface area contributed by atoms with E-state index in [0.29, 0.717) is 5.56 Å². The van der Waals surface area contributed by atoms with Crippen molar-refractivity contribution >= 4 is 10.0 Å². The zero-order chi connectivity index (χ0) is 14.0. The zero-order valence-electron chi connectivity index (χ0n) is 9.25. The predicted octanol–water partition coefficient (Wildman–Crippen LogP) is 1.71. The van der Waals surface area contributed by atoms with Gasteiger partial charge in [0, 0.05) is 0 Å². The number of nitrogens with zero attached hydrogens (tertiary/aromatic N) is 1. The molecule has 0 heterocycles. The molecule has 18 heavy (non-hydrogen) atoms. The Bertz CT molecular complexity index is 588. The zero-order valence-corrected chi connectivity index (χ0v) is 10.1. The maximum atomic E-state index is 11.9. The van der Waals surface area contributed by atoms with Crippen LogP contribution in [0.15, 0.2) is 23.1 Å². The van der Waals surface area contributed by atoms with Crippen LogP contribution in [0.4, 0.5) is 13.2 Å². The van der Waals surface area contributed by atoms with Crippen LogP contribution in [0.1, 0.15) is 11.1 Å². The van der Waals surface area contributed by atoms with Crippen molar-refractivity contribution in [2.45, 2.75) is 18.0 Å². The van der Waals surface area contributed by atoms with Gasteiger partial charge in [-0.2, -0.15) is 18.4 Å². The molecule has 98 valence electrons. The molecule has 0 saturated heterocycles. The van der Waals surface area contributed by atoms with Crippen LogP contribution in [-0.2, 0) is 10.0 Å². The summed E-state index contributed by atoms with van der Waals surface area (Å²) in [6, 6.07) is 5.32. The molecule has 1 N–H and O–H groups in total. The largest absolute Gasteiger partial charge is 0.402 e. The van der Waals surface area contributed by atoms with E-state index in [9.17, 15) is 21.6 Å². The first-order valence-electron chi connectivity index (χ1n) is 4.73. The van der Waals surface area contributed by atoms with Crippen LogP contribution in [-0.4, -0.2) is 21.1 Å². The lowest BCUT2D eigenvalue weighted by molar-refractivity contribution is -0.121. The maximum absolute atomic E-state index is 11.9. The number of alkyl halides is 3. The van der Waals surface area contributed by atoms with Gasteiger partial charge in [0.15, 0.2) is 0 Å². The van der Waals surface area contributed by atoms with E-state index < -0.39 is 22.7 Å². The summed E-state index contributed by atoms with van der Waals surface area (Å²) >= 11 is 0. The summed E-state index contributed by atoms with van der Waals surface area (Å²) in [5.74, 6) is 0. The summed E-state index contributed by atoms with van der Waals surface area (Å²) in [5, 5.41) is 8.66. The van der Waals surface area contributed by atoms with Crippen LogP contribution in [0.5, 0.6) is 0 Å². The van der Waals surface area contributed by atoms with Gasteiger partial charge < -0.3 is 0 Å². The Balaban J connectivity index is 3.00. The first kappa shape index (κ1) is 14.5. The average Bonchev–Trinajstić information content (AvgIpc) is 2.25. The van der Waals surface area contributed by atoms with Gasteiger partial charge in [-0.3, -0.25) is 0 Å². The second kappa shape index (κ2) is 4.96. The number of benzene rings is 1. The van der Waals surface area contributed by atoms with Gasteiger partial charge in [-0.15, -0.1) is 0 Å². The van der Waals surface area contributed by atoms with E-state index in [4.69, 9.17) is 5.26 Å². The van der Waals surface area contributed by atoms with Crippen molar-refractivity contribution in [1.29, 1.82) is 5.26 Å². The van der Waals surface area contributed by atoms with E-state index in [1.807, 2.05) is 6.07 Å². The number of halogens is 3. The molecule has 0 atom stereocenters. The monoisotopic (exact) mass is 278 g/mol. The third kappa shape index (κ3) is 3.72. The molecule has 0 unspecified atom stereocenters. The van der Waals surface area contributed by atoms with Gasteiger partial charge in [0.25, 0.3) is 0 Å². The van der Waals surface area contributed by atoms with Crippen molar-refractivity contribution in [3.63, 3.8) is 0 Å². The topological polar surface area (TPSA) is 70.0 Å². The fourth-order valence-corrected chi connectivity index (χ4v) is 2.29. The third-order valence-electron chi connectivity index (χ3n) is 2.09. The number of nitriles is 1. The summed E-state index contributed by atoms with van der Waals surface area (Å²) in [6.45, 7) is -0.129. The first-order chi connectivity index (χ1) is 8.15. The normalized spacial score (nSPS) is 12.2. The molecule has 0 radical (unpaired) electrons. The first-order valence-corrected chi connectivity index (χ1v) is 6.21. The Morgan fingerprint density at radius 1 is 1.39 bits per heavy atom. The number of nitrogens with one attached hydrogen (secondary N) is 1. The van der Waals surface area contributed by atoms with Crippen LogP contribution in [0.2, 0.25) is 0 Å². The predicted molar refractivity (Wildman–Crippen MR) is 57.1 cm³/mol. The van der Waals surface area contributed by atoms with Gasteiger partial charge in [0.1, 0.15) is 6.54 Å². The molecule has 0 bridgehead atoms. The van der Waals surface area contributed by atoms with Crippen LogP contribution in [0.3, 0.4) is 0 Å². The molecule has 1 rings (SSSR count). The maximum Gasteiger partial charge on any atom is 0.402 e. The highest BCUT2D eigenvalue weighted by atomic mass is 32.2. The lowest BCUT2D eigenvalue weighted by Crippen LogP contribution is -2.33. The Hall–Kier alpha value is -1.59. The summed E-state index contributed by atoms with van der Waals surface area (Å²) in [6.07, 6.45) is -4.62. The minimum absolute atomic E-state index is 0.268. The van der Waals surface area contributed by atoms with Crippen molar-refractivity contribution in [1.82, 2.24) is 4.72 Å². The van der Waals surface area contributed by atoms with Crippen molar-refractivity contribution in [2.75, 3.05) is 6.54 Å². The summed E-state index contributed by atoms with van der Waals surface area (Å²) in [5.41, 5.74) is 0.650. The highest BCUT2D eigenvalue weighted by Gasteiger charge is 2.30. The lowest BCUT2D eigenvalue weighted by Gasteiger charge is -2.10. The average molecular weight is 278 g/mol. The van der Waals surface area contributed by atoms with Crippen molar-refractivity contribution in [3.05, 3.63) is 29.3 Å². The van der Waals surface area contributed by atoms with Gasteiger partial charge in [-0.25, -0.2) is 13.1 Å². The van der Waals surface area contributed by atoms with Gasteiger partial charge in [0.05, 0.1) is 16.5 Å². The van der Waals surface area contributed by atoms with Crippen LogP contribution in [0.25, 0.3) is 0 Å². The van der Waals surface area contributed by atoms with E-state index in [1.54, 1.807) is 0 Å². The van der Waals surface area contributed by atoms with Crippen molar-refractivity contribution in [2.24, 2.45) is 0 Å². The molecule has 1 aromatic carbocycles. The van der Waals surface area contributed by atoms with Crippen LogP contribution >= 0.6 is 0 Å². The molecule has 0 spiro atoms. The van der Waals surface area contributed by atoms with Gasteiger partial charge in [-0.1, -0.05) is 0 Å². The number of hydrogen-bond acceptors (Lipinski definition) is 3. The number of sulfonamides is 1. The van der Waals surface area contributed by atoms with E-state index in [0.717, 1.165) is 12.1 Å². The summed E-state index contributed by atoms with van der Waals surface area (Å²) < 4.78 is 60.3. The number of aryl methyl sites for hydroxylation is 1. The molecule has 0 aliphatic carbocycles. The molecule has 0 saturated carbocycles. The fraction of sp³-hybridized carbons (Fsp3) is 0.300. The highest BCUT2D eigenvalue weighted by molar-refractivity contribution is 7.89. The van der Waals surface area contributed by atoms with Crippen LogP contribution in [0, 0.1) is 18.3 Å². The van der Waals surface area contributed by atoms with E-state index in [1.165, 1.54) is 17.7 Å². The minimum atomic E-state index is -4.62. The second-order valence-electron chi connectivity index (χ2n) is 3.53. The molecule has 0 aromatic heterocycles. The molecule has 0 aliphatic heterocycles. The number of hydrogen-bond donors (Lipinski definition) is 1. The quantitative estimate of drug-likeness (QED) is 0.915. The number of rotatable bonds is 3. The highest BCUT2D eigenvalue weighted by Crippen LogP contribution is 2.17. The second-order valence-corrected chi connectivity index (χ2v) is 5.30. The van der Waals surface area contributed by atoms with Gasteiger partial charge >= 0.3 is 6.18 Å². The lowest BCUT2D eigenvalue weighted by atomic mass is 10.1. The Morgan fingerprint density at radius 3 is 2.44 bits per heavy atom. The van der Waals surface area contributed by atoms with Crippen molar-refractivity contribution in [3.8, 4) is 6.07 Å². The molecule has 1 aromatic rings. The fourth-order valence-electron chi connectivity index (χ4n) is 1.19. The van der Waals surface area contributed by atoms with E-state index >= 15 is 0 Å². The molecule has 8 heteroatoms. The Labute approximate surface area is 102 Å². The molecular formula is C10H9F3N2O2S. The van der Waals surface area contributed by atoms with Gasteiger partial charge in [0.2, 0.25) is 10.0 Å². The SMILES string of the molecule is Cc1cc(S(=O)(=O)NCC(F)(F)F)ccc1C#N. The molecule has 0 amide bonds. The smallest absolute Gasteiger partial charge is 0.207 e. The van der Waals surface area contributed by atoms with Crippen LogP contribution < -0.4 is 4.72 Å². The van der Waals surface area contributed by atoms with E-state index in [-0.39, 0.29) is 10.5 Å². The van der Waals surface area contributed by atoms with E-state index in [2.05, 4.69) is 0 Å². The minimum Gasteiger partial charge on any atom is -0.207 e. The summed E-state index contributed by atoms with van der Waals surface area (Å²) in [7, 11) is -4.22. The molecular weight excluding hydrogens is 269 g/mol. The van der Waals surface area contributed by atoms with Crippen molar-refractivity contribution < 1.29 is 21.6 Å². The van der Waals surface area contributed by atoms with Gasteiger partial charge in [-0.05, 0) is 30.7 Å². The standard InChI is InChI=1S/C10H9F3N2O2S/c1-7-4-9(3-2-8(7)5-14)18(16,17)15-6-10(11,12)13/h2-4,15H,6H2,1H3. The Kier molecular flexibility index (Phi) is 3.98. The molecule has 0 aliphatic rings. The third-order valence-corrected chi connectivity index (χ3v) is 3.49. The molecule has 0 fully saturated rings. The molecule has 4 nitrogen and oxygen atoms in total. The Morgan fingerprint density at radius 2 is 2.00 bits per heavy atom. The summed E-state index contributed by atoms with van der Waals surface area (Å²) in [4.78, 5) is -0.303.